The van der Waals surface area contributed by atoms with Gasteiger partial charge in [-0.3, -0.25) is 4.79 Å². The van der Waals surface area contributed by atoms with Crippen molar-refractivity contribution in [1.82, 2.24) is 0 Å². The number of benzene rings is 2. The predicted octanol–water partition coefficient (Wildman–Crippen LogP) is 4.47. The molecule has 0 aliphatic rings. The molecule has 4 nitrogen and oxygen atoms in total. The molecule has 0 aromatic heterocycles. The molecule has 2 N–H and O–H groups in total. The summed E-state index contributed by atoms with van der Waals surface area (Å²) in [5.74, 6) is -0.641. The lowest BCUT2D eigenvalue weighted by atomic mass is 10.2. The number of anilines is 1. The van der Waals surface area contributed by atoms with Crippen LogP contribution in [0, 0.1) is 6.92 Å². The number of amides is 1. The predicted molar refractivity (Wildman–Crippen MR) is 93.6 cm³/mol. The molecule has 0 fully saturated rings. The van der Waals surface area contributed by atoms with E-state index < -0.39 is 5.97 Å². The number of thioether (sulfide) groups is 1. The van der Waals surface area contributed by atoms with Crippen molar-refractivity contribution in [2.45, 2.75) is 18.2 Å². The molecule has 0 bridgehead atoms. The van der Waals surface area contributed by atoms with Crippen LogP contribution in [0.4, 0.5) is 5.69 Å². The first-order valence-electron chi connectivity index (χ1n) is 6.98. The van der Waals surface area contributed by atoms with E-state index in [1.54, 1.807) is 17.8 Å². The molecule has 1 amide bonds. The van der Waals surface area contributed by atoms with Crippen molar-refractivity contribution in [3.63, 3.8) is 0 Å². The zero-order valence-electron chi connectivity index (χ0n) is 12.5. The minimum Gasteiger partial charge on any atom is -0.478 e. The molecule has 0 unspecified atom stereocenters. The summed E-state index contributed by atoms with van der Waals surface area (Å²) in [5, 5.41) is 11.8. The van der Waals surface area contributed by atoms with Gasteiger partial charge in [0, 0.05) is 22.8 Å². The molecule has 6 heteroatoms. The first-order valence-corrected chi connectivity index (χ1v) is 8.34. The number of rotatable bonds is 6. The summed E-state index contributed by atoms with van der Waals surface area (Å²) in [6.45, 7) is 2.03. The van der Waals surface area contributed by atoms with Gasteiger partial charge in [0.25, 0.3) is 0 Å². The number of nitrogens with one attached hydrogen (secondary N) is 1. The van der Waals surface area contributed by atoms with Crippen LogP contribution in [-0.4, -0.2) is 22.7 Å². The monoisotopic (exact) mass is 349 g/mol. The number of halogens is 1. The van der Waals surface area contributed by atoms with Crippen molar-refractivity contribution < 1.29 is 14.7 Å². The third-order valence-electron chi connectivity index (χ3n) is 3.10. The van der Waals surface area contributed by atoms with Gasteiger partial charge in [0.05, 0.1) is 10.6 Å². The zero-order chi connectivity index (χ0) is 16.8. The van der Waals surface area contributed by atoms with Gasteiger partial charge < -0.3 is 10.4 Å². The van der Waals surface area contributed by atoms with Gasteiger partial charge in [-0.15, -0.1) is 11.8 Å². The number of aromatic carboxylic acids is 1. The van der Waals surface area contributed by atoms with E-state index in [2.05, 4.69) is 5.32 Å². The molecule has 0 heterocycles. The average molecular weight is 350 g/mol. The molecule has 0 aliphatic carbocycles. The quantitative estimate of drug-likeness (QED) is 0.755. The summed E-state index contributed by atoms with van der Waals surface area (Å²) in [6, 6.07) is 12.5. The van der Waals surface area contributed by atoms with Gasteiger partial charge in [0.15, 0.2) is 0 Å². The highest BCUT2D eigenvalue weighted by atomic mass is 35.5. The van der Waals surface area contributed by atoms with Crippen LogP contribution in [0.1, 0.15) is 22.3 Å². The standard InChI is InChI=1S/C17H16ClNO3S/c1-11-2-5-13(6-3-11)23-9-8-16(20)19-12-4-7-15(18)14(10-12)17(21)22/h2-7,10H,8-9H2,1H3,(H,19,20)(H,21,22). The number of carboxylic acids is 1. The first kappa shape index (κ1) is 17.4. The third kappa shape index (κ3) is 5.30. The molecule has 0 spiro atoms. The average Bonchev–Trinajstić information content (AvgIpc) is 2.51. The fraction of sp³-hybridized carbons (Fsp3) is 0.176. The Labute approximate surface area is 143 Å². The minimum absolute atomic E-state index is 0.0292. The maximum absolute atomic E-state index is 11.9. The van der Waals surface area contributed by atoms with E-state index in [4.69, 9.17) is 16.7 Å². The smallest absolute Gasteiger partial charge is 0.337 e. The van der Waals surface area contributed by atoms with Gasteiger partial charge >= 0.3 is 5.97 Å². The molecule has 0 saturated carbocycles. The van der Waals surface area contributed by atoms with Crippen LogP contribution in [0.25, 0.3) is 0 Å². The lowest BCUT2D eigenvalue weighted by Gasteiger charge is -2.07. The Bertz CT molecular complexity index is 716. The van der Waals surface area contributed by atoms with E-state index in [9.17, 15) is 9.59 Å². The van der Waals surface area contributed by atoms with Crippen LogP contribution in [0.5, 0.6) is 0 Å². The highest BCUT2D eigenvalue weighted by Gasteiger charge is 2.11. The van der Waals surface area contributed by atoms with Crippen LogP contribution in [0.3, 0.4) is 0 Å². The SMILES string of the molecule is Cc1ccc(SCCC(=O)Nc2ccc(Cl)c(C(=O)O)c2)cc1. The van der Waals surface area contributed by atoms with E-state index in [1.807, 2.05) is 31.2 Å². The molecule has 120 valence electrons. The van der Waals surface area contributed by atoms with E-state index in [0.717, 1.165) is 4.90 Å². The highest BCUT2D eigenvalue weighted by molar-refractivity contribution is 7.99. The largest absolute Gasteiger partial charge is 0.478 e. The fourth-order valence-corrected chi connectivity index (χ4v) is 2.94. The van der Waals surface area contributed by atoms with Crippen molar-refractivity contribution in [2.24, 2.45) is 0 Å². The molecule has 0 atom stereocenters. The molecular formula is C17H16ClNO3S. The Morgan fingerprint density at radius 3 is 2.52 bits per heavy atom. The summed E-state index contributed by atoms with van der Waals surface area (Å²) in [7, 11) is 0. The maximum atomic E-state index is 11.9. The van der Waals surface area contributed by atoms with Crippen molar-refractivity contribution in [2.75, 3.05) is 11.1 Å². The minimum atomic E-state index is -1.12. The van der Waals surface area contributed by atoms with Gasteiger partial charge in [0.1, 0.15) is 0 Å². The number of carbonyl (C=O) groups is 2. The fourth-order valence-electron chi connectivity index (χ4n) is 1.89. The summed E-state index contributed by atoms with van der Waals surface area (Å²) in [6.07, 6.45) is 0.337. The molecule has 0 radical (unpaired) electrons. The number of carboxylic acid groups (broad SMARTS) is 1. The molecular weight excluding hydrogens is 334 g/mol. The molecule has 2 aromatic rings. The van der Waals surface area contributed by atoms with Gasteiger partial charge in [0.2, 0.25) is 5.91 Å². The van der Waals surface area contributed by atoms with E-state index in [1.165, 1.54) is 17.7 Å². The number of hydrogen-bond acceptors (Lipinski definition) is 3. The van der Waals surface area contributed by atoms with Crippen molar-refractivity contribution in [1.29, 1.82) is 0 Å². The normalized spacial score (nSPS) is 10.3. The second-order valence-corrected chi connectivity index (χ2v) is 6.53. The Morgan fingerprint density at radius 1 is 1.17 bits per heavy atom. The van der Waals surface area contributed by atoms with Crippen molar-refractivity contribution >= 4 is 40.9 Å². The van der Waals surface area contributed by atoms with Crippen LogP contribution in [-0.2, 0) is 4.79 Å². The van der Waals surface area contributed by atoms with Gasteiger partial charge in [-0.1, -0.05) is 29.3 Å². The van der Waals surface area contributed by atoms with E-state index in [0.29, 0.717) is 17.9 Å². The van der Waals surface area contributed by atoms with Gasteiger partial charge in [-0.05, 0) is 37.3 Å². The van der Waals surface area contributed by atoms with Crippen LogP contribution in [0.15, 0.2) is 47.4 Å². The maximum Gasteiger partial charge on any atom is 0.337 e. The first-order chi connectivity index (χ1) is 11.0. The van der Waals surface area contributed by atoms with Gasteiger partial charge in [-0.25, -0.2) is 4.79 Å². The van der Waals surface area contributed by atoms with Crippen molar-refractivity contribution in [3.05, 3.63) is 58.6 Å². The second-order valence-electron chi connectivity index (χ2n) is 4.96. The lowest BCUT2D eigenvalue weighted by Crippen LogP contribution is -2.12. The molecule has 2 rings (SSSR count). The van der Waals surface area contributed by atoms with Crippen LogP contribution < -0.4 is 5.32 Å². The second kappa shape index (κ2) is 8.04. The van der Waals surface area contributed by atoms with E-state index >= 15 is 0 Å². The number of carbonyl (C=O) groups excluding carboxylic acids is 1. The summed E-state index contributed by atoms with van der Waals surface area (Å²) >= 11 is 7.40. The Hall–Kier alpha value is -1.98. The molecule has 0 aliphatic heterocycles. The number of hydrogen-bond donors (Lipinski definition) is 2. The lowest BCUT2D eigenvalue weighted by molar-refractivity contribution is -0.115. The topological polar surface area (TPSA) is 66.4 Å². The molecule has 0 saturated heterocycles. The van der Waals surface area contributed by atoms with Crippen LogP contribution in [0.2, 0.25) is 5.02 Å². The van der Waals surface area contributed by atoms with E-state index in [-0.39, 0.29) is 16.5 Å². The molecule has 2 aromatic carbocycles. The third-order valence-corrected chi connectivity index (χ3v) is 4.44. The van der Waals surface area contributed by atoms with Gasteiger partial charge in [-0.2, -0.15) is 0 Å². The summed E-state index contributed by atoms with van der Waals surface area (Å²) < 4.78 is 0. The Morgan fingerprint density at radius 2 is 1.87 bits per heavy atom. The van der Waals surface area contributed by atoms with Crippen LogP contribution >= 0.6 is 23.4 Å². The Kier molecular flexibility index (Phi) is 6.07. The summed E-state index contributed by atoms with van der Waals surface area (Å²) in [5.41, 5.74) is 1.60. The zero-order valence-corrected chi connectivity index (χ0v) is 14.1. The number of aryl methyl sites for hydroxylation is 1. The Balaban J connectivity index is 1.86. The summed E-state index contributed by atoms with van der Waals surface area (Å²) in [4.78, 5) is 24.0. The van der Waals surface area contributed by atoms with Crippen molar-refractivity contribution in [3.8, 4) is 0 Å². The molecule has 23 heavy (non-hydrogen) atoms. The highest BCUT2D eigenvalue weighted by Crippen LogP contribution is 2.22.